The van der Waals surface area contributed by atoms with Crippen LogP contribution < -0.4 is 10.6 Å². The van der Waals surface area contributed by atoms with Crippen LogP contribution in [0.4, 0.5) is 5.82 Å². The van der Waals surface area contributed by atoms with Gasteiger partial charge in [-0.25, -0.2) is 4.98 Å². The molecule has 0 atom stereocenters. The lowest BCUT2D eigenvalue weighted by Crippen LogP contribution is -2.39. The number of hydrogen-bond acceptors (Lipinski definition) is 3. The standard InChI is InChI=1S/C14H23N3O/c1-10(18)16-14(5,6)11-7-8-15-12(9-11)17-13(2,3)4/h7-9H,1-6H3,(H,15,17)(H,16,18). The average molecular weight is 249 g/mol. The molecule has 0 aromatic carbocycles. The van der Waals surface area contributed by atoms with Gasteiger partial charge in [0.1, 0.15) is 5.82 Å². The van der Waals surface area contributed by atoms with Crippen molar-refractivity contribution in [1.29, 1.82) is 0 Å². The molecule has 2 N–H and O–H groups in total. The lowest BCUT2D eigenvalue weighted by Gasteiger charge is -2.28. The maximum absolute atomic E-state index is 11.2. The second-order valence-corrected chi connectivity index (χ2v) is 6.11. The molecule has 0 bridgehead atoms. The molecule has 18 heavy (non-hydrogen) atoms. The summed E-state index contributed by atoms with van der Waals surface area (Å²) in [6.07, 6.45) is 1.76. The first-order valence-corrected chi connectivity index (χ1v) is 6.14. The van der Waals surface area contributed by atoms with Crippen molar-refractivity contribution in [2.45, 2.75) is 52.6 Å². The number of nitrogens with zero attached hydrogens (tertiary/aromatic N) is 1. The minimum atomic E-state index is -0.400. The number of carbonyl (C=O) groups excluding carboxylic acids is 1. The second kappa shape index (κ2) is 4.96. The Morgan fingerprint density at radius 2 is 1.83 bits per heavy atom. The first kappa shape index (κ1) is 14.5. The van der Waals surface area contributed by atoms with E-state index in [1.165, 1.54) is 6.92 Å². The van der Waals surface area contributed by atoms with Crippen LogP contribution in [-0.4, -0.2) is 16.4 Å². The molecule has 1 aromatic heterocycles. The molecule has 1 rings (SSSR count). The molecule has 0 unspecified atom stereocenters. The maximum Gasteiger partial charge on any atom is 0.217 e. The van der Waals surface area contributed by atoms with Crippen molar-refractivity contribution < 1.29 is 4.79 Å². The second-order valence-electron chi connectivity index (χ2n) is 6.11. The molecule has 0 aliphatic heterocycles. The number of nitrogens with one attached hydrogen (secondary N) is 2. The lowest BCUT2D eigenvalue weighted by molar-refractivity contribution is -0.120. The van der Waals surface area contributed by atoms with Gasteiger partial charge in [-0.15, -0.1) is 0 Å². The van der Waals surface area contributed by atoms with Gasteiger partial charge < -0.3 is 10.6 Å². The van der Waals surface area contributed by atoms with E-state index in [2.05, 4.69) is 36.4 Å². The van der Waals surface area contributed by atoms with Crippen molar-refractivity contribution in [3.05, 3.63) is 23.9 Å². The number of amides is 1. The van der Waals surface area contributed by atoms with Gasteiger partial charge in [0.2, 0.25) is 5.91 Å². The highest BCUT2D eigenvalue weighted by Crippen LogP contribution is 2.22. The van der Waals surface area contributed by atoms with Crippen LogP contribution in [0.5, 0.6) is 0 Å². The highest BCUT2D eigenvalue weighted by atomic mass is 16.1. The summed E-state index contributed by atoms with van der Waals surface area (Å²) in [5, 5.41) is 6.25. The molecule has 0 spiro atoms. The van der Waals surface area contributed by atoms with Gasteiger partial charge in [-0.2, -0.15) is 0 Å². The molecule has 0 radical (unpaired) electrons. The highest BCUT2D eigenvalue weighted by molar-refractivity contribution is 5.74. The largest absolute Gasteiger partial charge is 0.365 e. The predicted molar refractivity (Wildman–Crippen MR) is 74.5 cm³/mol. The van der Waals surface area contributed by atoms with E-state index in [1.807, 2.05) is 26.0 Å². The van der Waals surface area contributed by atoms with E-state index in [4.69, 9.17) is 0 Å². The first-order chi connectivity index (χ1) is 8.10. The zero-order chi connectivity index (χ0) is 14.0. The highest BCUT2D eigenvalue weighted by Gasteiger charge is 2.22. The number of carbonyl (C=O) groups is 1. The molecule has 0 fully saturated rings. The van der Waals surface area contributed by atoms with Crippen molar-refractivity contribution in [3.8, 4) is 0 Å². The third-order valence-corrected chi connectivity index (χ3v) is 2.47. The van der Waals surface area contributed by atoms with Gasteiger partial charge >= 0.3 is 0 Å². The summed E-state index contributed by atoms with van der Waals surface area (Å²) in [7, 11) is 0. The molecule has 100 valence electrons. The van der Waals surface area contributed by atoms with Crippen LogP contribution in [0.1, 0.15) is 47.1 Å². The Morgan fingerprint density at radius 1 is 1.22 bits per heavy atom. The summed E-state index contributed by atoms with van der Waals surface area (Å²) in [4.78, 5) is 15.5. The lowest BCUT2D eigenvalue weighted by atomic mass is 9.95. The summed E-state index contributed by atoms with van der Waals surface area (Å²) >= 11 is 0. The van der Waals surface area contributed by atoms with Gasteiger partial charge in [0.05, 0.1) is 5.54 Å². The monoisotopic (exact) mass is 249 g/mol. The minimum absolute atomic E-state index is 0.0379. The normalized spacial score (nSPS) is 12.1. The third-order valence-electron chi connectivity index (χ3n) is 2.47. The van der Waals surface area contributed by atoms with Crippen molar-refractivity contribution in [2.24, 2.45) is 0 Å². The number of anilines is 1. The van der Waals surface area contributed by atoms with E-state index in [9.17, 15) is 4.79 Å². The number of hydrogen-bond donors (Lipinski definition) is 2. The van der Waals surface area contributed by atoms with Gasteiger partial charge in [-0.05, 0) is 52.3 Å². The molecular weight excluding hydrogens is 226 g/mol. The number of pyridine rings is 1. The Bertz CT molecular complexity index is 433. The summed E-state index contributed by atoms with van der Waals surface area (Å²) in [5.41, 5.74) is 0.590. The molecule has 0 aliphatic carbocycles. The van der Waals surface area contributed by atoms with E-state index >= 15 is 0 Å². The molecule has 1 aromatic rings. The topological polar surface area (TPSA) is 54.0 Å². The predicted octanol–water partition coefficient (Wildman–Crippen LogP) is 2.66. The fourth-order valence-electron chi connectivity index (χ4n) is 1.78. The summed E-state index contributed by atoms with van der Waals surface area (Å²) in [6, 6.07) is 3.89. The molecule has 0 aliphatic rings. The first-order valence-electron chi connectivity index (χ1n) is 6.14. The fourth-order valence-corrected chi connectivity index (χ4v) is 1.78. The Hall–Kier alpha value is -1.58. The Morgan fingerprint density at radius 3 is 2.33 bits per heavy atom. The van der Waals surface area contributed by atoms with Gasteiger partial charge in [-0.1, -0.05) is 0 Å². The van der Waals surface area contributed by atoms with E-state index in [0.717, 1.165) is 11.4 Å². The van der Waals surface area contributed by atoms with Crippen molar-refractivity contribution in [1.82, 2.24) is 10.3 Å². The Balaban J connectivity index is 2.97. The Kier molecular flexibility index (Phi) is 3.99. The van der Waals surface area contributed by atoms with E-state index in [-0.39, 0.29) is 11.4 Å². The van der Waals surface area contributed by atoms with E-state index < -0.39 is 5.54 Å². The van der Waals surface area contributed by atoms with Crippen molar-refractivity contribution in [3.63, 3.8) is 0 Å². The van der Waals surface area contributed by atoms with Crippen LogP contribution in [0.2, 0.25) is 0 Å². The molecule has 4 nitrogen and oxygen atoms in total. The fraction of sp³-hybridized carbons (Fsp3) is 0.571. The molecule has 0 saturated carbocycles. The van der Waals surface area contributed by atoms with Gasteiger partial charge in [0.25, 0.3) is 0 Å². The smallest absolute Gasteiger partial charge is 0.217 e. The van der Waals surface area contributed by atoms with Gasteiger partial charge in [-0.3, -0.25) is 4.79 Å². The van der Waals surface area contributed by atoms with Crippen LogP contribution in [-0.2, 0) is 10.3 Å². The quantitative estimate of drug-likeness (QED) is 0.866. The van der Waals surface area contributed by atoms with Crippen LogP contribution >= 0.6 is 0 Å². The van der Waals surface area contributed by atoms with E-state index in [1.54, 1.807) is 6.20 Å². The minimum Gasteiger partial charge on any atom is -0.365 e. The zero-order valence-electron chi connectivity index (χ0n) is 12.1. The van der Waals surface area contributed by atoms with Crippen LogP contribution in [0.3, 0.4) is 0 Å². The Labute approximate surface area is 109 Å². The number of aromatic nitrogens is 1. The third kappa shape index (κ3) is 4.35. The van der Waals surface area contributed by atoms with E-state index in [0.29, 0.717) is 0 Å². The average Bonchev–Trinajstić information content (AvgIpc) is 2.13. The molecule has 1 heterocycles. The molecule has 0 saturated heterocycles. The van der Waals surface area contributed by atoms with Gasteiger partial charge in [0, 0.05) is 18.7 Å². The SMILES string of the molecule is CC(=O)NC(C)(C)c1ccnc(NC(C)(C)C)c1. The van der Waals surface area contributed by atoms with Crippen LogP contribution in [0, 0.1) is 0 Å². The van der Waals surface area contributed by atoms with Crippen molar-refractivity contribution >= 4 is 11.7 Å². The number of rotatable bonds is 3. The maximum atomic E-state index is 11.2. The summed E-state index contributed by atoms with van der Waals surface area (Å²) in [5.74, 6) is 0.778. The zero-order valence-corrected chi connectivity index (χ0v) is 12.1. The van der Waals surface area contributed by atoms with Crippen LogP contribution in [0.25, 0.3) is 0 Å². The molecule has 1 amide bonds. The molecular formula is C14H23N3O. The van der Waals surface area contributed by atoms with Crippen LogP contribution in [0.15, 0.2) is 18.3 Å². The van der Waals surface area contributed by atoms with Crippen molar-refractivity contribution in [2.75, 3.05) is 5.32 Å². The van der Waals surface area contributed by atoms with Gasteiger partial charge in [0.15, 0.2) is 0 Å². The summed E-state index contributed by atoms with van der Waals surface area (Å²) < 4.78 is 0. The molecule has 4 heteroatoms. The summed E-state index contributed by atoms with van der Waals surface area (Å²) in [6.45, 7) is 11.7.